The average Bonchev–Trinajstić information content (AvgIpc) is 2.71. The molecule has 2 aliphatic rings. The lowest BCUT2D eigenvalue weighted by Gasteiger charge is -2.46. The lowest BCUT2D eigenvalue weighted by atomic mass is 9.98. The Kier molecular flexibility index (Phi) is 8.06. The number of ether oxygens (including phenoxy) is 4. The summed E-state index contributed by atoms with van der Waals surface area (Å²) in [6.07, 6.45) is 2.22. The number of hydrogen-bond donors (Lipinski definition) is 2. The zero-order valence-electron chi connectivity index (χ0n) is 16.0. The molecule has 152 valence electrons. The summed E-state index contributed by atoms with van der Waals surface area (Å²) in [7, 11) is 0. The number of benzene rings is 1. The molecule has 1 aromatic rings. The Hall–Kier alpha value is -1.02. The lowest BCUT2D eigenvalue weighted by Crippen LogP contribution is -2.62. The van der Waals surface area contributed by atoms with Crippen LogP contribution in [-0.4, -0.2) is 54.1 Å². The molecular weight excluding hydrogens is 348 g/mol. The first-order chi connectivity index (χ1) is 13.2. The number of rotatable bonds is 9. The van der Waals surface area contributed by atoms with Crippen molar-refractivity contribution in [1.82, 2.24) is 0 Å². The quantitative estimate of drug-likeness (QED) is 0.642. The molecule has 1 aromatic carbocycles. The Labute approximate surface area is 161 Å². The minimum Gasteiger partial charge on any atom is -0.387 e. The molecular formula is C21H32O6. The number of hydrogen-bond acceptors (Lipinski definition) is 6. The second-order valence-corrected chi connectivity index (χ2v) is 7.34. The van der Waals surface area contributed by atoms with Gasteiger partial charge in [0.2, 0.25) is 0 Å². The summed E-state index contributed by atoms with van der Waals surface area (Å²) in [4.78, 5) is 0. The maximum Gasteiger partial charge on any atom is 0.186 e. The van der Waals surface area contributed by atoms with E-state index in [1.165, 1.54) is 25.7 Å². The van der Waals surface area contributed by atoms with E-state index < -0.39 is 37.0 Å². The minimum absolute atomic E-state index is 0.283. The van der Waals surface area contributed by atoms with Crippen LogP contribution in [-0.2, 0) is 18.9 Å². The molecule has 0 saturated carbocycles. The fourth-order valence-electron chi connectivity index (χ4n) is 3.58. The normalized spacial score (nSPS) is 33.6. The zero-order valence-corrected chi connectivity index (χ0v) is 16.0. The van der Waals surface area contributed by atoms with E-state index in [4.69, 9.17) is 18.9 Å². The molecule has 0 spiro atoms. The van der Waals surface area contributed by atoms with E-state index in [0.29, 0.717) is 6.61 Å². The summed E-state index contributed by atoms with van der Waals surface area (Å²) in [5.41, 5.74) is 0.874. The highest BCUT2D eigenvalue weighted by atomic mass is 16.8. The highest BCUT2D eigenvalue weighted by Gasteiger charge is 2.49. The molecule has 3 rings (SSSR count). The molecule has 6 atom stereocenters. The van der Waals surface area contributed by atoms with E-state index in [0.717, 1.165) is 18.4 Å². The van der Waals surface area contributed by atoms with Gasteiger partial charge in [-0.25, -0.2) is 0 Å². The van der Waals surface area contributed by atoms with Crippen LogP contribution in [0, 0.1) is 0 Å². The molecule has 2 heterocycles. The monoisotopic (exact) mass is 380 g/mol. The third kappa shape index (κ3) is 5.50. The molecule has 27 heavy (non-hydrogen) atoms. The summed E-state index contributed by atoms with van der Waals surface area (Å²) >= 11 is 0. The Balaban J connectivity index is 1.46. The molecule has 0 unspecified atom stereocenters. The second kappa shape index (κ2) is 10.5. The van der Waals surface area contributed by atoms with Crippen molar-refractivity contribution in [1.29, 1.82) is 0 Å². The van der Waals surface area contributed by atoms with Crippen LogP contribution in [0.15, 0.2) is 30.3 Å². The van der Waals surface area contributed by atoms with Crippen molar-refractivity contribution in [3.05, 3.63) is 35.9 Å². The Bertz CT molecular complexity index is 537. The molecule has 2 saturated heterocycles. The first-order valence-electron chi connectivity index (χ1n) is 10.2. The smallest absolute Gasteiger partial charge is 0.186 e. The third-order valence-corrected chi connectivity index (χ3v) is 5.19. The topological polar surface area (TPSA) is 77.4 Å². The zero-order chi connectivity index (χ0) is 19.1. The predicted molar refractivity (Wildman–Crippen MR) is 100 cm³/mol. The molecule has 0 aliphatic carbocycles. The second-order valence-electron chi connectivity index (χ2n) is 7.34. The summed E-state index contributed by atoms with van der Waals surface area (Å²) in [5.74, 6) is 0. The van der Waals surface area contributed by atoms with E-state index in [2.05, 4.69) is 6.92 Å². The standard InChI is InChI=1S/C21H32O6/c1-2-3-4-5-6-10-13-24-21-18(23)17(22)19-16(26-21)14-25-20(27-19)15-11-8-7-9-12-15/h7-9,11-12,16-23H,2-6,10,13-14H2,1H3/t16-,17-,18-,19-,20-,21-/m1/s1. The molecule has 2 fully saturated rings. The summed E-state index contributed by atoms with van der Waals surface area (Å²) in [5, 5.41) is 20.9. The van der Waals surface area contributed by atoms with Crippen molar-refractivity contribution >= 4 is 0 Å². The Morgan fingerprint density at radius 3 is 2.48 bits per heavy atom. The van der Waals surface area contributed by atoms with Crippen LogP contribution in [0.4, 0.5) is 0 Å². The summed E-state index contributed by atoms with van der Waals surface area (Å²) in [6, 6.07) is 9.54. The fourth-order valence-corrected chi connectivity index (χ4v) is 3.58. The fraction of sp³-hybridized carbons (Fsp3) is 0.714. The van der Waals surface area contributed by atoms with E-state index >= 15 is 0 Å². The number of aliphatic hydroxyl groups is 2. The van der Waals surface area contributed by atoms with Gasteiger partial charge in [-0.15, -0.1) is 0 Å². The summed E-state index contributed by atoms with van der Waals surface area (Å²) < 4.78 is 23.1. The van der Waals surface area contributed by atoms with Gasteiger partial charge >= 0.3 is 0 Å². The van der Waals surface area contributed by atoms with E-state index in [-0.39, 0.29) is 6.61 Å². The molecule has 6 heteroatoms. The summed E-state index contributed by atoms with van der Waals surface area (Å²) in [6.45, 7) is 2.99. The first kappa shape index (κ1) is 20.7. The molecule has 0 radical (unpaired) electrons. The van der Waals surface area contributed by atoms with Crippen LogP contribution in [0.2, 0.25) is 0 Å². The van der Waals surface area contributed by atoms with Gasteiger partial charge in [0.25, 0.3) is 0 Å². The van der Waals surface area contributed by atoms with Crippen molar-refractivity contribution in [3.8, 4) is 0 Å². The van der Waals surface area contributed by atoms with Gasteiger partial charge in [0, 0.05) is 12.2 Å². The Morgan fingerprint density at radius 1 is 0.963 bits per heavy atom. The lowest BCUT2D eigenvalue weighted by molar-refractivity contribution is -0.361. The van der Waals surface area contributed by atoms with Crippen molar-refractivity contribution < 1.29 is 29.2 Å². The molecule has 2 aliphatic heterocycles. The molecule has 0 aromatic heterocycles. The molecule has 6 nitrogen and oxygen atoms in total. The maximum atomic E-state index is 10.5. The number of fused-ring (bicyclic) bond motifs is 1. The van der Waals surface area contributed by atoms with Crippen LogP contribution in [0.1, 0.15) is 57.3 Å². The van der Waals surface area contributed by atoms with Crippen LogP contribution in [0.25, 0.3) is 0 Å². The highest BCUT2D eigenvalue weighted by Crippen LogP contribution is 2.34. The van der Waals surface area contributed by atoms with Gasteiger partial charge in [-0.1, -0.05) is 69.4 Å². The SMILES string of the molecule is CCCCCCCCO[C@@H]1O[C@@H]2CO[C@@H](c3ccccc3)O[C@H]2[C@H](O)[C@H]1O. The predicted octanol–water partition coefficient (Wildman–Crippen LogP) is 2.92. The van der Waals surface area contributed by atoms with Gasteiger partial charge in [-0.05, 0) is 6.42 Å². The van der Waals surface area contributed by atoms with Crippen molar-refractivity contribution in [2.24, 2.45) is 0 Å². The molecule has 0 amide bonds. The Morgan fingerprint density at radius 2 is 1.70 bits per heavy atom. The van der Waals surface area contributed by atoms with E-state index in [1.807, 2.05) is 30.3 Å². The van der Waals surface area contributed by atoms with Crippen molar-refractivity contribution in [2.75, 3.05) is 13.2 Å². The van der Waals surface area contributed by atoms with Crippen LogP contribution in [0.5, 0.6) is 0 Å². The van der Waals surface area contributed by atoms with Gasteiger partial charge in [0.05, 0.1) is 6.61 Å². The van der Waals surface area contributed by atoms with E-state index in [9.17, 15) is 10.2 Å². The largest absolute Gasteiger partial charge is 0.387 e. The minimum atomic E-state index is -1.14. The van der Waals surface area contributed by atoms with Crippen LogP contribution < -0.4 is 0 Å². The number of aliphatic hydroxyl groups excluding tert-OH is 2. The molecule has 0 bridgehead atoms. The van der Waals surface area contributed by atoms with E-state index in [1.54, 1.807) is 0 Å². The first-order valence-corrected chi connectivity index (χ1v) is 10.2. The van der Waals surface area contributed by atoms with Gasteiger partial charge in [-0.3, -0.25) is 0 Å². The van der Waals surface area contributed by atoms with Crippen LogP contribution in [0.3, 0.4) is 0 Å². The van der Waals surface area contributed by atoms with Gasteiger partial charge < -0.3 is 29.2 Å². The van der Waals surface area contributed by atoms with Crippen molar-refractivity contribution in [2.45, 2.75) is 82.4 Å². The maximum absolute atomic E-state index is 10.5. The van der Waals surface area contributed by atoms with Crippen LogP contribution >= 0.6 is 0 Å². The average molecular weight is 380 g/mol. The molecule has 2 N–H and O–H groups in total. The highest BCUT2D eigenvalue weighted by molar-refractivity contribution is 5.16. The van der Waals surface area contributed by atoms with Crippen molar-refractivity contribution in [3.63, 3.8) is 0 Å². The van der Waals surface area contributed by atoms with Gasteiger partial charge in [-0.2, -0.15) is 0 Å². The van der Waals surface area contributed by atoms with Gasteiger partial charge in [0.1, 0.15) is 24.4 Å². The third-order valence-electron chi connectivity index (χ3n) is 5.19. The van der Waals surface area contributed by atoms with Gasteiger partial charge in [0.15, 0.2) is 12.6 Å². The number of unbranched alkanes of at least 4 members (excludes halogenated alkanes) is 5.